The number of nitrogens with zero attached hydrogens (tertiary/aromatic N) is 4. The highest BCUT2D eigenvalue weighted by Gasteiger charge is 2.14. The molecule has 1 saturated heterocycles. The highest BCUT2D eigenvalue weighted by Crippen LogP contribution is 2.15. The molecule has 1 aliphatic heterocycles. The Morgan fingerprint density at radius 2 is 1.93 bits per heavy atom. The van der Waals surface area contributed by atoms with E-state index in [2.05, 4.69) is 61.3 Å². The average Bonchev–Trinajstić information content (AvgIpc) is 3.16. The van der Waals surface area contributed by atoms with Crippen LogP contribution in [0.1, 0.15) is 37.6 Å². The van der Waals surface area contributed by atoms with E-state index in [1.807, 2.05) is 25.5 Å². The first kappa shape index (κ1) is 23.7. The van der Waals surface area contributed by atoms with E-state index < -0.39 is 0 Å². The van der Waals surface area contributed by atoms with E-state index in [0.29, 0.717) is 6.54 Å². The molecule has 0 atom stereocenters. The van der Waals surface area contributed by atoms with Gasteiger partial charge in [0.05, 0.1) is 6.54 Å². The second kappa shape index (κ2) is 12.8. The average molecular weight is 510 g/mol. The fraction of sp³-hybridized carbons (Fsp3) is 0.545. The Bertz CT molecular complexity index is 722. The molecule has 0 radical (unpaired) electrons. The third kappa shape index (κ3) is 7.97. The topological polar surface area (TPSA) is 57.5 Å². The Labute approximate surface area is 192 Å². The zero-order valence-corrected chi connectivity index (χ0v) is 20.0. The third-order valence-corrected chi connectivity index (χ3v) is 5.45. The summed E-state index contributed by atoms with van der Waals surface area (Å²) in [5, 5.41) is 6.81. The number of imidazole rings is 1. The molecule has 1 aliphatic rings. The van der Waals surface area contributed by atoms with Gasteiger partial charge in [0, 0.05) is 32.5 Å². The van der Waals surface area contributed by atoms with Crippen molar-refractivity contribution in [1.82, 2.24) is 25.1 Å². The van der Waals surface area contributed by atoms with Gasteiger partial charge >= 0.3 is 0 Å². The Morgan fingerprint density at radius 1 is 1.17 bits per heavy atom. The van der Waals surface area contributed by atoms with Gasteiger partial charge < -0.3 is 20.1 Å². The van der Waals surface area contributed by atoms with Gasteiger partial charge in [0.2, 0.25) is 0 Å². The lowest BCUT2D eigenvalue weighted by Crippen LogP contribution is -2.39. The van der Waals surface area contributed by atoms with Crippen molar-refractivity contribution >= 4 is 29.9 Å². The lowest BCUT2D eigenvalue weighted by molar-refractivity contribution is 0.191. The van der Waals surface area contributed by atoms with Crippen molar-refractivity contribution in [2.24, 2.45) is 10.9 Å². The van der Waals surface area contributed by atoms with Gasteiger partial charge in [-0.25, -0.2) is 4.98 Å². The standard InChI is InChI=1S/C22H34N6.HI/c1-19-9-14-27(15-10-19)13-6-11-25-22(23-2)26-17-21-24-12-16-28(21)18-20-7-4-3-5-8-20;/h3-5,7-8,12,16,19H,6,9-11,13-15,17-18H2,1-2H3,(H2,23,25,26);1H. The number of hydrogen-bond acceptors (Lipinski definition) is 3. The van der Waals surface area contributed by atoms with E-state index in [1.54, 1.807) is 0 Å². The normalized spacial score (nSPS) is 15.7. The molecule has 0 bridgehead atoms. The third-order valence-electron chi connectivity index (χ3n) is 5.45. The van der Waals surface area contributed by atoms with Crippen LogP contribution >= 0.6 is 24.0 Å². The molecule has 1 aromatic carbocycles. The van der Waals surface area contributed by atoms with Gasteiger partial charge in [-0.05, 0) is 50.4 Å². The monoisotopic (exact) mass is 510 g/mol. The zero-order valence-electron chi connectivity index (χ0n) is 17.7. The first-order valence-electron chi connectivity index (χ1n) is 10.5. The summed E-state index contributed by atoms with van der Waals surface area (Å²) in [5.74, 6) is 2.74. The fourth-order valence-electron chi connectivity index (χ4n) is 3.61. The van der Waals surface area contributed by atoms with E-state index in [4.69, 9.17) is 0 Å². The van der Waals surface area contributed by atoms with Crippen LogP contribution in [0.5, 0.6) is 0 Å². The number of nitrogens with one attached hydrogen (secondary N) is 2. The molecule has 3 rings (SSSR count). The number of rotatable bonds is 8. The summed E-state index contributed by atoms with van der Waals surface area (Å²) in [5.41, 5.74) is 1.27. The molecule has 0 aliphatic carbocycles. The van der Waals surface area contributed by atoms with Crippen LogP contribution in [0.25, 0.3) is 0 Å². The van der Waals surface area contributed by atoms with Gasteiger partial charge in [-0.1, -0.05) is 37.3 Å². The highest BCUT2D eigenvalue weighted by molar-refractivity contribution is 14.0. The molecule has 7 heteroatoms. The second-order valence-electron chi connectivity index (χ2n) is 7.69. The summed E-state index contributed by atoms with van der Waals surface area (Å²) in [6.45, 7) is 8.44. The SMILES string of the molecule is CN=C(NCCCN1CCC(C)CC1)NCc1nccn1Cc1ccccc1.I. The summed E-state index contributed by atoms with van der Waals surface area (Å²) in [6, 6.07) is 10.5. The maximum absolute atomic E-state index is 4.49. The smallest absolute Gasteiger partial charge is 0.191 e. The van der Waals surface area contributed by atoms with Gasteiger partial charge in [-0.2, -0.15) is 0 Å². The van der Waals surface area contributed by atoms with Crippen LogP contribution < -0.4 is 10.6 Å². The Kier molecular flexibility index (Phi) is 10.5. The van der Waals surface area contributed by atoms with Crippen molar-refractivity contribution in [2.75, 3.05) is 33.2 Å². The maximum atomic E-state index is 4.49. The maximum Gasteiger partial charge on any atom is 0.191 e. The molecule has 0 amide bonds. The van der Waals surface area contributed by atoms with Gasteiger partial charge in [0.1, 0.15) is 5.82 Å². The van der Waals surface area contributed by atoms with Gasteiger partial charge in [-0.15, -0.1) is 24.0 Å². The number of hydrogen-bond donors (Lipinski definition) is 2. The van der Waals surface area contributed by atoms with Gasteiger partial charge in [-0.3, -0.25) is 4.99 Å². The van der Waals surface area contributed by atoms with Crippen LogP contribution in [0, 0.1) is 5.92 Å². The summed E-state index contributed by atoms with van der Waals surface area (Å²) in [4.78, 5) is 11.4. The number of benzene rings is 1. The minimum Gasteiger partial charge on any atom is -0.356 e. The van der Waals surface area contributed by atoms with Gasteiger partial charge in [0.15, 0.2) is 5.96 Å². The van der Waals surface area contributed by atoms with Gasteiger partial charge in [0.25, 0.3) is 0 Å². The largest absolute Gasteiger partial charge is 0.356 e. The minimum absolute atomic E-state index is 0. The van der Waals surface area contributed by atoms with Crippen LogP contribution in [-0.4, -0.2) is 53.6 Å². The molecule has 0 saturated carbocycles. The van der Waals surface area contributed by atoms with E-state index in [0.717, 1.165) is 43.8 Å². The fourth-order valence-corrected chi connectivity index (χ4v) is 3.61. The lowest BCUT2D eigenvalue weighted by atomic mass is 9.99. The summed E-state index contributed by atoms with van der Waals surface area (Å²) in [6.07, 6.45) is 7.70. The molecule has 29 heavy (non-hydrogen) atoms. The van der Waals surface area contributed by atoms with E-state index in [-0.39, 0.29) is 24.0 Å². The lowest BCUT2D eigenvalue weighted by Gasteiger charge is -2.30. The number of aromatic nitrogens is 2. The van der Waals surface area contributed by atoms with E-state index in [9.17, 15) is 0 Å². The molecule has 2 aromatic rings. The van der Waals surface area contributed by atoms with Crippen molar-refractivity contribution in [3.05, 3.63) is 54.1 Å². The number of piperidine rings is 1. The number of likely N-dealkylation sites (tertiary alicyclic amines) is 1. The molecule has 1 fully saturated rings. The number of guanidine groups is 1. The summed E-state index contributed by atoms with van der Waals surface area (Å²) < 4.78 is 2.17. The van der Waals surface area contributed by atoms with Crippen molar-refractivity contribution < 1.29 is 0 Å². The Balaban J connectivity index is 0.00000300. The van der Waals surface area contributed by atoms with Crippen LogP contribution in [0.2, 0.25) is 0 Å². The molecule has 2 N–H and O–H groups in total. The predicted molar refractivity (Wildman–Crippen MR) is 131 cm³/mol. The number of aliphatic imine (C=N–C) groups is 1. The van der Waals surface area contributed by atoms with Crippen LogP contribution in [0.15, 0.2) is 47.7 Å². The van der Waals surface area contributed by atoms with Crippen LogP contribution in [0.4, 0.5) is 0 Å². The number of halogens is 1. The quantitative estimate of drug-likeness (QED) is 0.248. The molecule has 2 heterocycles. The van der Waals surface area contributed by atoms with Crippen molar-refractivity contribution in [3.63, 3.8) is 0 Å². The van der Waals surface area contributed by atoms with Crippen molar-refractivity contribution in [1.29, 1.82) is 0 Å². The van der Waals surface area contributed by atoms with Crippen LogP contribution in [0.3, 0.4) is 0 Å². The second-order valence-corrected chi connectivity index (χ2v) is 7.69. The minimum atomic E-state index is 0. The molecule has 6 nitrogen and oxygen atoms in total. The molecule has 0 spiro atoms. The van der Waals surface area contributed by atoms with Crippen molar-refractivity contribution in [2.45, 2.75) is 39.3 Å². The molecular weight excluding hydrogens is 475 g/mol. The molecule has 160 valence electrons. The Hall–Kier alpha value is -1.61. The first-order chi connectivity index (χ1) is 13.7. The first-order valence-corrected chi connectivity index (χ1v) is 10.5. The molecule has 1 aromatic heterocycles. The molecule has 0 unspecified atom stereocenters. The predicted octanol–water partition coefficient (Wildman–Crippen LogP) is 3.34. The van der Waals surface area contributed by atoms with Crippen LogP contribution in [-0.2, 0) is 13.1 Å². The summed E-state index contributed by atoms with van der Waals surface area (Å²) >= 11 is 0. The summed E-state index contributed by atoms with van der Waals surface area (Å²) in [7, 11) is 1.82. The van der Waals surface area contributed by atoms with Crippen molar-refractivity contribution in [3.8, 4) is 0 Å². The zero-order chi connectivity index (χ0) is 19.6. The molecular formula is C22H35IN6. The Morgan fingerprint density at radius 3 is 2.66 bits per heavy atom. The van der Waals surface area contributed by atoms with E-state index >= 15 is 0 Å². The van der Waals surface area contributed by atoms with E-state index in [1.165, 1.54) is 31.5 Å². The highest BCUT2D eigenvalue weighted by atomic mass is 127.